The summed E-state index contributed by atoms with van der Waals surface area (Å²) in [5.74, 6) is 1.20. The number of anilines is 1. The van der Waals surface area contributed by atoms with Crippen molar-refractivity contribution >= 4 is 34.1 Å². The van der Waals surface area contributed by atoms with E-state index < -0.39 is 17.3 Å². The van der Waals surface area contributed by atoms with Gasteiger partial charge in [0.25, 0.3) is 11.5 Å². The molecule has 0 atom stereocenters. The summed E-state index contributed by atoms with van der Waals surface area (Å²) in [6, 6.07) is 15.0. The van der Waals surface area contributed by atoms with Crippen LogP contribution in [0.3, 0.4) is 0 Å². The zero-order valence-corrected chi connectivity index (χ0v) is 28.4. The number of hydrogen-bond acceptors (Lipinski definition) is 10. The van der Waals surface area contributed by atoms with Gasteiger partial charge in [-0.15, -0.1) is 0 Å². The number of aromatic nitrogens is 2. The third-order valence-electron chi connectivity index (χ3n) is 8.45. The molecule has 1 N–H and O–H groups in total. The zero-order valence-electron chi connectivity index (χ0n) is 27.7. The Labute approximate surface area is 297 Å². The molecule has 3 aromatic carbocycles. The summed E-state index contributed by atoms with van der Waals surface area (Å²) in [6.45, 7) is 5.47. The number of nitrogens with zero attached hydrogens (tertiary/aromatic N) is 3. The van der Waals surface area contributed by atoms with Crippen molar-refractivity contribution in [3.8, 4) is 40.2 Å². The van der Waals surface area contributed by atoms with Gasteiger partial charge in [0, 0.05) is 49.8 Å². The molecule has 4 heterocycles. The molecule has 2 aliphatic heterocycles. The lowest BCUT2D eigenvalue weighted by atomic mass is 10.1. The number of ether oxygens (including phenoxy) is 6. The summed E-state index contributed by atoms with van der Waals surface area (Å²) < 4.78 is 50.0. The van der Waals surface area contributed by atoms with E-state index in [1.165, 1.54) is 54.3 Å². The van der Waals surface area contributed by atoms with Crippen LogP contribution in [0.25, 0.3) is 16.6 Å². The van der Waals surface area contributed by atoms with Crippen molar-refractivity contribution in [2.24, 2.45) is 0 Å². The lowest BCUT2D eigenvalue weighted by Crippen LogP contribution is -2.37. The highest BCUT2D eigenvalue weighted by Gasteiger charge is 2.25. The maximum Gasteiger partial charge on any atom is 0.271 e. The predicted octanol–water partition coefficient (Wildman–Crippen LogP) is 6.10. The van der Waals surface area contributed by atoms with Crippen molar-refractivity contribution in [2.45, 2.75) is 6.42 Å². The maximum absolute atomic E-state index is 13.5. The number of hydrogen-bond donors (Lipinski definition) is 1. The van der Waals surface area contributed by atoms with Crippen LogP contribution in [0, 0.1) is 5.82 Å². The van der Waals surface area contributed by atoms with Crippen LogP contribution in [0.2, 0.25) is 5.02 Å². The van der Waals surface area contributed by atoms with Crippen LogP contribution in [0.15, 0.2) is 77.9 Å². The van der Waals surface area contributed by atoms with Gasteiger partial charge in [0.2, 0.25) is 5.75 Å². The van der Waals surface area contributed by atoms with Gasteiger partial charge in [0.15, 0.2) is 11.5 Å². The summed E-state index contributed by atoms with van der Waals surface area (Å²) in [5.41, 5.74) is 0.295. The lowest BCUT2D eigenvalue weighted by molar-refractivity contribution is 0.0357. The normalized spacial score (nSPS) is 14.3. The monoisotopic (exact) mass is 716 g/mol. The van der Waals surface area contributed by atoms with Crippen molar-refractivity contribution in [1.82, 2.24) is 14.5 Å². The first-order valence-corrected chi connectivity index (χ1v) is 16.8. The van der Waals surface area contributed by atoms with E-state index in [0.29, 0.717) is 65.2 Å². The topological polar surface area (TPSA) is 123 Å². The maximum atomic E-state index is 13.5. The molecule has 51 heavy (non-hydrogen) atoms. The van der Waals surface area contributed by atoms with Gasteiger partial charge < -0.3 is 33.7 Å². The Morgan fingerprint density at radius 2 is 1.75 bits per heavy atom. The number of rotatable bonds is 11. The minimum Gasteiger partial charge on any atom is -0.496 e. The average Bonchev–Trinajstić information content (AvgIpc) is 3.15. The molecule has 1 amide bonds. The van der Waals surface area contributed by atoms with Gasteiger partial charge in [-0.2, -0.15) is 0 Å². The zero-order chi connectivity index (χ0) is 35.3. The molecule has 12 nitrogen and oxygen atoms in total. The number of pyridine rings is 2. The Morgan fingerprint density at radius 3 is 2.51 bits per heavy atom. The van der Waals surface area contributed by atoms with Crippen LogP contribution >= 0.6 is 11.6 Å². The summed E-state index contributed by atoms with van der Waals surface area (Å²) in [7, 11) is 1.35. The number of benzene rings is 3. The number of amides is 1. The molecule has 264 valence electrons. The first-order chi connectivity index (χ1) is 24.9. The van der Waals surface area contributed by atoms with Crippen LogP contribution in [0.5, 0.6) is 34.5 Å². The number of carbonyl (C=O) groups excluding carboxylic acids is 1. The number of nitrogens with one attached hydrogen (secondary N) is 1. The number of halogens is 2. The SMILES string of the molecule is COc1ccn(-c2ccc(F)cc2)c(=O)c1C(=O)Nc1ccc(Oc2ccnc3cc(OCCCN4CCOCC4)c4c(c23)OCCO4)cc1Cl. The Bertz CT molecular complexity index is 2120. The molecular weight excluding hydrogens is 683 g/mol. The third kappa shape index (κ3) is 7.41. The standard InChI is InChI=1S/C37H34ClFN4O8/c1-46-29-10-13-43(24-5-3-23(39)4-6-24)37(45)33(29)36(44)41-27-8-7-25(21-26(27)38)51-30-9-11-40-28-22-31(34-35(32(28)30)50-20-19-49-34)48-16-2-12-42-14-17-47-18-15-42/h3-11,13,21-22H,2,12,14-20H2,1H3,(H,41,44). The Hall–Kier alpha value is -5.37. The molecule has 0 unspecified atom stereocenters. The van der Waals surface area contributed by atoms with Gasteiger partial charge >= 0.3 is 0 Å². The minimum absolute atomic E-state index is 0.0626. The van der Waals surface area contributed by atoms with E-state index >= 15 is 0 Å². The second kappa shape index (κ2) is 15.3. The van der Waals surface area contributed by atoms with Gasteiger partial charge in [-0.25, -0.2) is 4.39 Å². The fourth-order valence-corrected chi connectivity index (χ4v) is 6.15. The average molecular weight is 717 g/mol. The van der Waals surface area contributed by atoms with Gasteiger partial charge in [-0.05, 0) is 55.0 Å². The highest BCUT2D eigenvalue weighted by Crippen LogP contribution is 2.48. The van der Waals surface area contributed by atoms with Gasteiger partial charge in [-0.3, -0.25) is 24.0 Å². The minimum atomic E-state index is -0.744. The lowest BCUT2D eigenvalue weighted by Gasteiger charge is -2.26. The second-order valence-electron chi connectivity index (χ2n) is 11.7. The molecule has 1 saturated heterocycles. The van der Waals surface area contributed by atoms with E-state index in [-0.39, 0.29) is 22.0 Å². The molecule has 0 saturated carbocycles. The summed E-state index contributed by atoms with van der Waals surface area (Å²) in [4.78, 5) is 33.8. The van der Waals surface area contributed by atoms with E-state index in [9.17, 15) is 14.0 Å². The third-order valence-corrected chi connectivity index (χ3v) is 8.76. The van der Waals surface area contributed by atoms with Crippen LogP contribution in [-0.4, -0.2) is 80.1 Å². The molecule has 0 aliphatic carbocycles. The van der Waals surface area contributed by atoms with E-state index in [4.69, 9.17) is 40.0 Å². The smallest absolute Gasteiger partial charge is 0.271 e. The number of methoxy groups -OCH3 is 1. The Morgan fingerprint density at radius 1 is 0.961 bits per heavy atom. The van der Waals surface area contributed by atoms with Gasteiger partial charge in [0.1, 0.15) is 41.8 Å². The molecule has 2 aromatic heterocycles. The fourth-order valence-electron chi connectivity index (χ4n) is 5.94. The van der Waals surface area contributed by atoms with Crippen LogP contribution in [-0.2, 0) is 4.74 Å². The second-order valence-corrected chi connectivity index (χ2v) is 12.1. The number of fused-ring (bicyclic) bond motifs is 3. The molecule has 14 heteroatoms. The van der Waals surface area contributed by atoms with Crippen LogP contribution < -0.4 is 34.6 Å². The first-order valence-electron chi connectivity index (χ1n) is 16.4. The van der Waals surface area contributed by atoms with E-state index in [0.717, 1.165) is 39.3 Å². The fraction of sp³-hybridized carbons (Fsp3) is 0.270. The van der Waals surface area contributed by atoms with Gasteiger partial charge in [-0.1, -0.05) is 11.6 Å². The number of carbonyl (C=O) groups is 1. The molecule has 7 rings (SSSR count). The number of morpholine rings is 1. The summed E-state index contributed by atoms with van der Waals surface area (Å²) >= 11 is 6.62. The van der Waals surface area contributed by atoms with Gasteiger partial charge in [0.05, 0.1) is 48.5 Å². The van der Waals surface area contributed by atoms with Crippen LogP contribution in [0.4, 0.5) is 10.1 Å². The van der Waals surface area contributed by atoms with Crippen molar-refractivity contribution < 1.29 is 37.6 Å². The predicted molar refractivity (Wildman–Crippen MR) is 188 cm³/mol. The van der Waals surface area contributed by atoms with E-state index in [1.807, 2.05) is 6.07 Å². The van der Waals surface area contributed by atoms with E-state index in [2.05, 4.69) is 15.2 Å². The largest absolute Gasteiger partial charge is 0.496 e. The molecule has 0 bridgehead atoms. The molecular formula is C37H34ClFN4O8. The van der Waals surface area contributed by atoms with Crippen molar-refractivity contribution in [1.29, 1.82) is 0 Å². The van der Waals surface area contributed by atoms with Crippen LogP contribution in [0.1, 0.15) is 16.8 Å². The quantitative estimate of drug-likeness (QED) is 0.160. The Balaban J connectivity index is 1.10. The molecule has 5 aromatic rings. The highest BCUT2D eigenvalue weighted by molar-refractivity contribution is 6.34. The summed E-state index contributed by atoms with van der Waals surface area (Å²) in [5, 5.41) is 3.45. The highest BCUT2D eigenvalue weighted by atomic mass is 35.5. The summed E-state index contributed by atoms with van der Waals surface area (Å²) in [6.07, 6.45) is 3.91. The molecule has 0 spiro atoms. The van der Waals surface area contributed by atoms with Crippen molar-refractivity contribution in [3.63, 3.8) is 0 Å². The van der Waals surface area contributed by atoms with Crippen molar-refractivity contribution in [3.05, 3.63) is 99.8 Å². The molecule has 1 fully saturated rings. The van der Waals surface area contributed by atoms with Crippen molar-refractivity contribution in [2.75, 3.05) is 65.1 Å². The first kappa shape index (κ1) is 34.1. The molecule has 2 aliphatic rings. The van der Waals surface area contributed by atoms with E-state index in [1.54, 1.807) is 24.4 Å². The molecule has 0 radical (unpaired) electrons. The Kier molecular flexibility index (Phi) is 10.2.